The highest BCUT2D eigenvalue weighted by atomic mass is 16.5. The van der Waals surface area contributed by atoms with Crippen molar-refractivity contribution in [2.24, 2.45) is 28.2 Å². The summed E-state index contributed by atoms with van der Waals surface area (Å²) in [5.74, 6) is -1.55. The monoisotopic (exact) mass is 769 g/mol. The van der Waals surface area contributed by atoms with Crippen LogP contribution in [0.3, 0.4) is 0 Å². The van der Waals surface area contributed by atoms with Crippen molar-refractivity contribution >= 4 is 46.8 Å². The maximum absolute atomic E-state index is 13.3. The summed E-state index contributed by atoms with van der Waals surface area (Å²) in [4.78, 5) is 64.5. The summed E-state index contributed by atoms with van der Waals surface area (Å²) in [5.41, 5.74) is 7.23. The van der Waals surface area contributed by atoms with E-state index in [9.17, 15) is 24.0 Å². The van der Waals surface area contributed by atoms with Crippen LogP contribution < -0.4 is 26.6 Å². The minimum absolute atomic E-state index is 0.0292. The lowest BCUT2D eigenvalue weighted by Crippen LogP contribution is -2.31. The Bertz CT molecular complexity index is 2460. The molecule has 1 aliphatic rings. The second-order valence-corrected chi connectivity index (χ2v) is 13.9. The topological polar surface area (TPSA) is 174 Å². The Morgan fingerprint density at radius 3 is 1.49 bits per heavy atom. The molecule has 0 saturated heterocycles. The number of nitrogens with one attached hydrogen (secondary N) is 5. The van der Waals surface area contributed by atoms with Gasteiger partial charge < -0.3 is 49.6 Å². The number of carbonyl (C=O) groups is 5. The predicted octanol–water partition coefficient (Wildman–Crippen LogP) is 5.46. The van der Waals surface area contributed by atoms with Crippen molar-refractivity contribution in [3.8, 4) is 11.1 Å². The van der Waals surface area contributed by atoms with Crippen LogP contribution in [0.15, 0.2) is 104 Å². The third-order valence-electron chi connectivity index (χ3n) is 9.91. The molecule has 0 fully saturated rings. The molecule has 0 unspecified atom stereocenters. The number of hydrogen-bond acceptors (Lipinski definition) is 6. The van der Waals surface area contributed by atoms with Gasteiger partial charge in [0.05, 0.1) is 17.1 Å². The van der Waals surface area contributed by atoms with E-state index >= 15 is 0 Å². The summed E-state index contributed by atoms with van der Waals surface area (Å²) >= 11 is 0. The van der Waals surface area contributed by atoms with Gasteiger partial charge in [0, 0.05) is 72.0 Å². The third-order valence-corrected chi connectivity index (χ3v) is 9.91. The molecule has 0 radical (unpaired) electrons. The number of amides is 5. The van der Waals surface area contributed by atoms with Gasteiger partial charge in [-0.05, 0) is 59.0 Å². The lowest BCUT2D eigenvalue weighted by Gasteiger charge is -2.14. The number of aryl methyl sites for hydroxylation is 4. The summed E-state index contributed by atoms with van der Waals surface area (Å²) < 4.78 is 12.1. The van der Waals surface area contributed by atoms with E-state index in [1.807, 2.05) is 24.3 Å². The number of hydrogen-bond donors (Lipinski definition) is 5. The van der Waals surface area contributed by atoms with Crippen LogP contribution in [0.25, 0.3) is 11.1 Å². The van der Waals surface area contributed by atoms with E-state index in [1.54, 1.807) is 102 Å². The molecular formula is C42H43N9O6. The molecule has 0 bridgehead atoms. The molecule has 5 amide bonds. The molecule has 6 aromatic rings. The average Bonchev–Trinajstić information content (AvgIpc) is 4.01. The van der Waals surface area contributed by atoms with Crippen molar-refractivity contribution in [1.29, 1.82) is 0 Å². The standard InChI is InChI=1S/C42H43N9O6/c1-48-18-9-15-34(48)39(53)45-27-20-36(50(3)23-27)41(55)47-28-21-37(51(4)24-28)40(54)46-26-19-35(49(2)22-26)38(52)43-16-10-17-44-42(56)57-25-33-31-13-7-5-11-29(31)30-12-6-8-14-32(30)33/h5-9,11-15,18-24,33H,10,16-17,25H2,1-4H3,(H,43,52)(H,44,56)(H,45,53)(H,46,54)(H,47,55). The maximum Gasteiger partial charge on any atom is 0.407 e. The molecule has 1 aliphatic carbocycles. The van der Waals surface area contributed by atoms with Crippen LogP contribution in [0, 0.1) is 0 Å². The van der Waals surface area contributed by atoms with Crippen LogP contribution >= 0.6 is 0 Å². The highest BCUT2D eigenvalue weighted by Crippen LogP contribution is 2.44. The zero-order valence-electron chi connectivity index (χ0n) is 32.0. The molecule has 7 rings (SSSR count). The quantitative estimate of drug-likeness (QED) is 0.0977. The van der Waals surface area contributed by atoms with Crippen molar-refractivity contribution in [2.45, 2.75) is 12.3 Å². The first-order valence-corrected chi connectivity index (χ1v) is 18.4. The zero-order valence-corrected chi connectivity index (χ0v) is 32.0. The fraction of sp³-hybridized carbons (Fsp3) is 0.214. The van der Waals surface area contributed by atoms with Gasteiger partial charge >= 0.3 is 6.09 Å². The van der Waals surface area contributed by atoms with E-state index in [2.05, 4.69) is 50.8 Å². The molecule has 0 aliphatic heterocycles. The van der Waals surface area contributed by atoms with Crippen LogP contribution in [-0.2, 0) is 32.9 Å². The Morgan fingerprint density at radius 2 is 1.00 bits per heavy atom. The number of ether oxygens (including phenoxy) is 1. The van der Waals surface area contributed by atoms with E-state index in [0.29, 0.717) is 53.7 Å². The van der Waals surface area contributed by atoms with Crippen LogP contribution in [0.2, 0.25) is 0 Å². The molecule has 57 heavy (non-hydrogen) atoms. The Hall–Kier alpha value is -7.29. The van der Waals surface area contributed by atoms with Gasteiger partial charge in [0.2, 0.25) is 0 Å². The van der Waals surface area contributed by atoms with E-state index < -0.39 is 17.9 Å². The normalized spacial score (nSPS) is 11.7. The third kappa shape index (κ3) is 8.22. The molecule has 0 atom stereocenters. The number of anilines is 3. The highest BCUT2D eigenvalue weighted by Gasteiger charge is 2.29. The molecule has 4 aromatic heterocycles. The SMILES string of the molecule is Cn1cc(NC(=O)c2cc(NC(=O)c3cc(NC(=O)c4cccn4C)cn3C)cn2C)cc1C(=O)NCCCNC(=O)OCC1c2ccccc2-c2ccccc21. The fourth-order valence-electron chi connectivity index (χ4n) is 7.08. The van der Waals surface area contributed by atoms with Gasteiger partial charge in [0.25, 0.3) is 23.6 Å². The summed E-state index contributed by atoms with van der Waals surface area (Å²) in [5, 5.41) is 14.0. The number of aromatic nitrogens is 4. The summed E-state index contributed by atoms with van der Waals surface area (Å²) in [6.45, 7) is 0.835. The van der Waals surface area contributed by atoms with Gasteiger partial charge in [-0.2, -0.15) is 0 Å². The van der Waals surface area contributed by atoms with Gasteiger partial charge in [-0.25, -0.2) is 4.79 Å². The Kier molecular flexibility index (Phi) is 10.8. The second-order valence-electron chi connectivity index (χ2n) is 13.9. The molecule has 15 heteroatoms. The van der Waals surface area contributed by atoms with Crippen molar-refractivity contribution < 1.29 is 28.7 Å². The minimum Gasteiger partial charge on any atom is -0.449 e. The van der Waals surface area contributed by atoms with E-state index in [0.717, 1.165) is 22.3 Å². The number of alkyl carbamates (subject to hydrolysis) is 1. The molecule has 292 valence electrons. The highest BCUT2D eigenvalue weighted by molar-refractivity contribution is 6.08. The second kappa shape index (κ2) is 16.2. The van der Waals surface area contributed by atoms with E-state index in [1.165, 1.54) is 0 Å². The van der Waals surface area contributed by atoms with Crippen LogP contribution in [0.4, 0.5) is 21.9 Å². The van der Waals surface area contributed by atoms with E-state index in [4.69, 9.17) is 4.74 Å². The summed E-state index contributed by atoms with van der Waals surface area (Å²) in [6, 6.07) is 24.4. The van der Waals surface area contributed by atoms with Crippen molar-refractivity contribution in [3.63, 3.8) is 0 Å². The smallest absolute Gasteiger partial charge is 0.407 e. The molecule has 2 aromatic carbocycles. The Balaban J connectivity index is 0.853. The van der Waals surface area contributed by atoms with Crippen molar-refractivity contribution in [1.82, 2.24) is 28.9 Å². The molecule has 0 saturated carbocycles. The Labute approximate surface area is 328 Å². The minimum atomic E-state index is -0.519. The lowest BCUT2D eigenvalue weighted by atomic mass is 9.98. The first-order chi connectivity index (χ1) is 27.5. The van der Waals surface area contributed by atoms with Crippen LogP contribution in [-0.4, -0.2) is 67.7 Å². The fourth-order valence-corrected chi connectivity index (χ4v) is 7.08. The van der Waals surface area contributed by atoms with Crippen molar-refractivity contribution in [3.05, 3.63) is 138 Å². The number of benzene rings is 2. The molecule has 15 nitrogen and oxygen atoms in total. The van der Waals surface area contributed by atoms with Crippen LogP contribution in [0.5, 0.6) is 0 Å². The average molecular weight is 770 g/mol. The number of fused-ring (bicyclic) bond motifs is 3. The summed E-state index contributed by atoms with van der Waals surface area (Å²) in [6.07, 6.45) is 6.61. The Morgan fingerprint density at radius 1 is 0.544 bits per heavy atom. The molecule has 0 spiro atoms. The molecular weight excluding hydrogens is 727 g/mol. The maximum atomic E-state index is 13.3. The van der Waals surface area contributed by atoms with E-state index in [-0.39, 0.29) is 30.0 Å². The molecule has 4 heterocycles. The number of nitrogens with zero attached hydrogens (tertiary/aromatic N) is 4. The largest absolute Gasteiger partial charge is 0.449 e. The van der Waals surface area contributed by atoms with Gasteiger partial charge in [0.15, 0.2) is 0 Å². The zero-order chi connectivity index (χ0) is 40.2. The number of carbonyl (C=O) groups excluding carboxylic acids is 5. The van der Waals surface area contributed by atoms with Crippen molar-refractivity contribution in [2.75, 3.05) is 35.6 Å². The van der Waals surface area contributed by atoms with Gasteiger partial charge in [-0.15, -0.1) is 0 Å². The first kappa shape index (κ1) is 38.0. The number of rotatable bonds is 13. The molecule has 5 N–H and O–H groups in total. The summed E-state index contributed by atoms with van der Waals surface area (Å²) in [7, 11) is 6.84. The van der Waals surface area contributed by atoms with Gasteiger partial charge in [-0.1, -0.05) is 48.5 Å². The van der Waals surface area contributed by atoms with Gasteiger partial charge in [0.1, 0.15) is 29.4 Å². The lowest BCUT2D eigenvalue weighted by molar-refractivity contribution is 0.0942. The first-order valence-electron chi connectivity index (χ1n) is 18.4. The predicted molar refractivity (Wildman–Crippen MR) is 216 cm³/mol. The van der Waals surface area contributed by atoms with Gasteiger partial charge in [-0.3, -0.25) is 19.2 Å². The van der Waals surface area contributed by atoms with Crippen LogP contribution in [0.1, 0.15) is 65.4 Å².